The molecule has 1 fully saturated rings. The first-order valence-electron chi connectivity index (χ1n) is 10.5. The van der Waals surface area contributed by atoms with Crippen molar-refractivity contribution in [2.45, 2.75) is 64.3 Å². The van der Waals surface area contributed by atoms with E-state index in [9.17, 15) is 15.0 Å². The van der Waals surface area contributed by atoms with Gasteiger partial charge in [-0.3, -0.25) is 4.79 Å². The van der Waals surface area contributed by atoms with Crippen molar-refractivity contribution >= 4 is 5.97 Å². The number of benzene rings is 1. The van der Waals surface area contributed by atoms with E-state index >= 15 is 0 Å². The molecule has 1 aliphatic rings. The summed E-state index contributed by atoms with van der Waals surface area (Å²) in [5, 5.41) is 20.1. The SMILES string of the molecule is CC(C)OC(=O)CCCC=CC[C@H]1[C@@H](O)C[C@@H]1C=C[C@@H](O)COc1ccccc1. The molecule has 0 radical (unpaired) electrons. The van der Waals surface area contributed by atoms with Crippen LogP contribution in [-0.2, 0) is 9.53 Å². The third-order valence-corrected chi connectivity index (χ3v) is 5.00. The molecule has 1 saturated carbocycles. The van der Waals surface area contributed by atoms with Crippen LogP contribution >= 0.6 is 0 Å². The van der Waals surface area contributed by atoms with Gasteiger partial charge in [-0.1, -0.05) is 42.5 Å². The van der Waals surface area contributed by atoms with Crippen molar-refractivity contribution in [3.8, 4) is 5.75 Å². The van der Waals surface area contributed by atoms with Crippen LogP contribution in [0.5, 0.6) is 5.75 Å². The maximum absolute atomic E-state index is 11.5. The van der Waals surface area contributed by atoms with E-state index in [-0.39, 0.29) is 36.6 Å². The summed E-state index contributed by atoms with van der Waals surface area (Å²) in [6, 6.07) is 9.41. The molecular formula is C24H34O5. The van der Waals surface area contributed by atoms with E-state index in [0.717, 1.165) is 31.4 Å². The van der Waals surface area contributed by atoms with Crippen LogP contribution < -0.4 is 4.74 Å². The third-order valence-electron chi connectivity index (χ3n) is 5.00. The number of allylic oxidation sites excluding steroid dienone is 3. The van der Waals surface area contributed by atoms with Crippen molar-refractivity contribution in [1.82, 2.24) is 0 Å². The Balaban J connectivity index is 1.64. The summed E-state index contributed by atoms with van der Waals surface area (Å²) in [5.41, 5.74) is 0. The van der Waals surface area contributed by atoms with Gasteiger partial charge >= 0.3 is 5.97 Å². The van der Waals surface area contributed by atoms with E-state index in [1.54, 1.807) is 6.08 Å². The third kappa shape index (κ3) is 8.84. The maximum Gasteiger partial charge on any atom is 0.306 e. The Morgan fingerprint density at radius 1 is 1.24 bits per heavy atom. The van der Waals surface area contributed by atoms with Crippen LogP contribution in [0.15, 0.2) is 54.6 Å². The van der Waals surface area contributed by atoms with Crippen molar-refractivity contribution in [3.63, 3.8) is 0 Å². The minimum atomic E-state index is -0.672. The number of hydrogen-bond acceptors (Lipinski definition) is 5. The fraction of sp³-hybridized carbons (Fsp3) is 0.542. The number of unbranched alkanes of at least 4 members (excludes halogenated alkanes) is 1. The van der Waals surface area contributed by atoms with Gasteiger partial charge in [-0.15, -0.1) is 0 Å². The van der Waals surface area contributed by atoms with E-state index in [0.29, 0.717) is 6.42 Å². The molecule has 2 N–H and O–H groups in total. The van der Waals surface area contributed by atoms with Crippen molar-refractivity contribution in [3.05, 3.63) is 54.6 Å². The second-order valence-corrected chi connectivity index (χ2v) is 7.85. The summed E-state index contributed by atoms with van der Waals surface area (Å²) >= 11 is 0. The second kappa shape index (κ2) is 12.5. The Morgan fingerprint density at radius 2 is 2.00 bits per heavy atom. The number of aliphatic hydroxyl groups is 2. The van der Waals surface area contributed by atoms with Gasteiger partial charge in [-0.2, -0.15) is 0 Å². The molecule has 5 heteroatoms. The van der Waals surface area contributed by atoms with E-state index in [4.69, 9.17) is 9.47 Å². The van der Waals surface area contributed by atoms with E-state index in [1.165, 1.54) is 0 Å². The lowest BCUT2D eigenvalue weighted by atomic mass is 9.69. The number of hydrogen-bond donors (Lipinski definition) is 2. The van der Waals surface area contributed by atoms with Crippen molar-refractivity contribution in [2.24, 2.45) is 11.8 Å². The van der Waals surface area contributed by atoms with Crippen LogP contribution in [0, 0.1) is 11.8 Å². The highest BCUT2D eigenvalue weighted by Gasteiger charge is 2.37. The molecule has 1 aromatic carbocycles. The molecule has 160 valence electrons. The number of carbonyl (C=O) groups excluding carboxylic acids is 1. The zero-order valence-corrected chi connectivity index (χ0v) is 17.4. The molecule has 1 aliphatic carbocycles. The standard InChI is InChI=1S/C24H34O5/c1-18(2)29-24(27)13-9-4-3-8-12-22-19(16-23(22)26)14-15-20(25)17-28-21-10-6-5-7-11-21/h3,5-8,10-11,14-15,18-20,22-23,25-26H,4,9,12-13,16-17H2,1-2H3/t19-,20+,22+,23-/m0/s1. The molecular weight excluding hydrogens is 368 g/mol. The minimum absolute atomic E-state index is 0.0634. The molecule has 0 aromatic heterocycles. The van der Waals surface area contributed by atoms with Gasteiger partial charge in [0.1, 0.15) is 18.5 Å². The van der Waals surface area contributed by atoms with Gasteiger partial charge in [0.2, 0.25) is 0 Å². The van der Waals surface area contributed by atoms with Crippen LogP contribution in [0.3, 0.4) is 0 Å². The molecule has 2 rings (SSSR count). The van der Waals surface area contributed by atoms with Gasteiger partial charge in [0.15, 0.2) is 0 Å². The van der Waals surface area contributed by atoms with Crippen molar-refractivity contribution in [1.29, 1.82) is 0 Å². The summed E-state index contributed by atoms with van der Waals surface area (Å²) in [7, 11) is 0. The summed E-state index contributed by atoms with van der Waals surface area (Å²) in [4.78, 5) is 11.5. The highest BCUT2D eigenvalue weighted by Crippen LogP contribution is 2.38. The normalized spacial score (nSPS) is 22.7. The summed E-state index contributed by atoms with van der Waals surface area (Å²) < 4.78 is 10.7. The van der Waals surface area contributed by atoms with Crippen LogP contribution in [0.4, 0.5) is 0 Å². The first-order chi connectivity index (χ1) is 14.0. The zero-order valence-electron chi connectivity index (χ0n) is 17.4. The van der Waals surface area contributed by atoms with Crippen LogP contribution in [0.25, 0.3) is 0 Å². The number of aliphatic hydroxyl groups excluding tert-OH is 2. The number of esters is 1. The monoisotopic (exact) mass is 402 g/mol. The molecule has 1 aromatic rings. The Hall–Kier alpha value is -2.11. The van der Waals surface area contributed by atoms with Crippen LogP contribution in [0.2, 0.25) is 0 Å². The smallest absolute Gasteiger partial charge is 0.306 e. The Bertz CT molecular complexity index is 652. The topological polar surface area (TPSA) is 76.0 Å². The quantitative estimate of drug-likeness (QED) is 0.313. The highest BCUT2D eigenvalue weighted by molar-refractivity contribution is 5.69. The Morgan fingerprint density at radius 3 is 2.69 bits per heavy atom. The molecule has 0 heterocycles. The van der Waals surface area contributed by atoms with E-state index < -0.39 is 6.10 Å². The van der Waals surface area contributed by atoms with Crippen LogP contribution in [-0.4, -0.2) is 41.1 Å². The molecule has 0 amide bonds. The number of carbonyl (C=O) groups is 1. The number of para-hydroxylation sites is 1. The van der Waals surface area contributed by atoms with Crippen molar-refractivity contribution in [2.75, 3.05) is 6.61 Å². The van der Waals surface area contributed by atoms with Gasteiger partial charge < -0.3 is 19.7 Å². The molecule has 5 nitrogen and oxygen atoms in total. The Kier molecular flexibility index (Phi) is 9.95. The average molecular weight is 403 g/mol. The largest absolute Gasteiger partial charge is 0.491 e. The molecule has 29 heavy (non-hydrogen) atoms. The number of ether oxygens (including phenoxy) is 2. The van der Waals surface area contributed by atoms with E-state index in [1.807, 2.05) is 50.3 Å². The Labute approximate surface area is 174 Å². The maximum atomic E-state index is 11.5. The van der Waals surface area contributed by atoms with E-state index in [2.05, 4.69) is 12.2 Å². The predicted octanol–water partition coefficient (Wildman–Crippen LogP) is 4.05. The molecule has 4 atom stereocenters. The summed E-state index contributed by atoms with van der Waals surface area (Å²) in [5.74, 6) is 1.03. The van der Waals surface area contributed by atoms with Crippen LogP contribution in [0.1, 0.15) is 46.0 Å². The fourth-order valence-electron chi connectivity index (χ4n) is 3.35. The molecule has 0 aliphatic heterocycles. The zero-order chi connectivity index (χ0) is 21.1. The molecule has 0 unspecified atom stereocenters. The van der Waals surface area contributed by atoms with Gasteiger partial charge in [0.05, 0.1) is 12.2 Å². The summed E-state index contributed by atoms with van der Waals surface area (Å²) in [6.07, 6.45) is 10.4. The van der Waals surface area contributed by atoms with Gasteiger partial charge in [-0.25, -0.2) is 0 Å². The molecule has 0 spiro atoms. The highest BCUT2D eigenvalue weighted by atomic mass is 16.5. The fourth-order valence-corrected chi connectivity index (χ4v) is 3.35. The van der Waals surface area contributed by atoms with Crippen molar-refractivity contribution < 1.29 is 24.5 Å². The average Bonchev–Trinajstić information content (AvgIpc) is 2.68. The van der Waals surface area contributed by atoms with Gasteiger partial charge in [0, 0.05) is 6.42 Å². The first kappa shape index (κ1) is 23.2. The lowest BCUT2D eigenvalue weighted by Gasteiger charge is -2.39. The lowest BCUT2D eigenvalue weighted by molar-refractivity contribution is -0.147. The minimum Gasteiger partial charge on any atom is -0.491 e. The molecule has 0 bridgehead atoms. The lowest BCUT2D eigenvalue weighted by Crippen LogP contribution is -2.40. The summed E-state index contributed by atoms with van der Waals surface area (Å²) in [6.45, 7) is 3.91. The van der Waals surface area contributed by atoms with Gasteiger partial charge in [-0.05, 0) is 63.5 Å². The first-order valence-corrected chi connectivity index (χ1v) is 10.5. The number of rotatable bonds is 12. The second-order valence-electron chi connectivity index (χ2n) is 7.85. The predicted molar refractivity (Wildman–Crippen MR) is 114 cm³/mol. The van der Waals surface area contributed by atoms with Gasteiger partial charge in [0.25, 0.3) is 0 Å². The molecule has 0 saturated heterocycles.